The molecule has 1 amide bonds. The Bertz CT molecular complexity index is 754. The van der Waals surface area contributed by atoms with E-state index in [-0.39, 0.29) is 5.91 Å². The molecule has 0 radical (unpaired) electrons. The molecule has 0 saturated heterocycles. The SMILES string of the molecule is CN1CCc2ccc(N3Cc4c(N)cccc4C3=O)cc21. The Kier molecular flexibility index (Phi) is 2.48. The van der Waals surface area contributed by atoms with Crippen LogP contribution < -0.4 is 15.5 Å². The Balaban J connectivity index is 1.75. The van der Waals surface area contributed by atoms with Gasteiger partial charge >= 0.3 is 0 Å². The molecule has 0 atom stereocenters. The number of anilines is 3. The van der Waals surface area contributed by atoms with E-state index in [0.717, 1.165) is 29.8 Å². The van der Waals surface area contributed by atoms with Gasteiger partial charge < -0.3 is 15.5 Å². The van der Waals surface area contributed by atoms with Crippen molar-refractivity contribution in [1.82, 2.24) is 0 Å². The molecule has 0 aliphatic carbocycles. The first-order valence-corrected chi connectivity index (χ1v) is 7.18. The van der Waals surface area contributed by atoms with Gasteiger partial charge in [0.25, 0.3) is 5.91 Å². The number of nitrogen functional groups attached to an aromatic ring is 1. The van der Waals surface area contributed by atoms with Crippen LogP contribution in [0.3, 0.4) is 0 Å². The zero-order valence-electron chi connectivity index (χ0n) is 12.0. The van der Waals surface area contributed by atoms with Crippen molar-refractivity contribution in [1.29, 1.82) is 0 Å². The van der Waals surface area contributed by atoms with Gasteiger partial charge in [0.1, 0.15) is 0 Å². The monoisotopic (exact) mass is 279 g/mol. The van der Waals surface area contributed by atoms with Crippen LogP contribution in [-0.4, -0.2) is 19.5 Å². The summed E-state index contributed by atoms with van der Waals surface area (Å²) in [5.41, 5.74) is 11.9. The maximum atomic E-state index is 12.6. The largest absolute Gasteiger partial charge is 0.398 e. The van der Waals surface area contributed by atoms with E-state index in [0.29, 0.717) is 12.2 Å². The van der Waals surface area contributed by atoms with Gasteiger partial charge in [-0.2, -0.15) is 0 Å². The lowest BCUT2D eigenvalue weighted by Crippen LogP contribution is -2.23. The third-order valence-corrected chi connectivity index (χ3v) is 4.51. The first-order valence-electron chi connectivity index (χ1n) is 7.18. The number of hydrogen-bond donors (Lipinski definition) is 1. The topological polar surface area (TPSA) is 49.6 Å². The zero-order chi connectivity index (χ0) is 14.6. The highest BCUT2D eigenvalue weighted by molar-refractivity contribution is 6.11. The summed E-state index contributed by atoms with van der Waals surface area (Å²) >= 11 is 0. The second kappa shape index (κ2) is 4.25. The fraction of sp³-hybridized carbons (Fsp3) is 0.235. The lowest BCUT2D eigenvalue weighted by atomic mass is 10.1. The third kappa shape index (κ3) is 1.72. The summed E-state index contributed by atoms with van der Waals surface area (Å²) in [6.07, 6.45) is 1.08. The molecule has 4 heteroatoms. The second-order valence-electron chi connectivity index (χ2n) is 5.75. The quantitative estimate of drug-likeness (QED) is 0.816. The maximum Gasteiger partial charge on any atom is 0.259 e. The van der Waals surface area contributed by atoms with Crippen molar-refractivity contribution < 1.29 is 4.79 Å². The molecular weight excluding hydrogens is 262 g/mol. The first-order chi connectivity index (χ1) is 10.1. The minimum Gasteiger partial charge on any atom is -0.398 e. The van der Waals surface area contributed by atoms with Gasteiger partial charge in [0.2, 0.25) is 0 Å². The molecule has 0 unspecified atom stereocenters. The molecule has 2 heterocycles. The molecule has 0 fully saturated rings. The average Bonchev–Trinajstić information content (AvgIpc) is 3.02. The van der Waals surface area contributed by atoms with Gasteiger partial charge in [-0.05, 0) is 36.2 Å². The fourth-order valence-corrected chi connectivity index (χ4v) is 3.26. The van der Waals surface area contributed by atoms with Gasteiger partial charge in [-0.25, -0.2) is 0 Å². The molecular formula is C17H17N3O. The summed E-state index contributed by atoms with van der Waals surface area (Å²) in [5.74, 6) is 0.0397. The standard InChI is InChI=1S/C17H17N3O/c1-19-8-7-11-5-6-12(9-16(11)19)20-10-14-13(17(20)21)3-2-4-15(14)18/h2-6,9H,7-8,10,18H2,1H3. The van der Waals surface area contributed by atoms with E-state index in [1.54, 1.807) is 0 Å². The Morgan fingerprint density at radius 2 is 2.05 bits per heavy atom. The molecule has 0 saturated carbocycles. The number of hydrogen-bond acceptors (Lipinski definition) is 3. The van der Waals surface area contributed by atoms with Crippen LogP contribution >= 0.6 is 0 Å². The molecule has 21 heavy (non-hydrogen) atoms. The minimum absolute atomic E-state index is 0.0397. The fourth-order valence-electron chi connectivity index (χ4n) is 3.26. The van der Waals surface area contributed by atoms with Crippen LogP contribution in [0.15, 0.2) is 36.4 Å². The second-order valence-corrected chi connectivity index (χ2v) is 5.75. The highest BCUT2D eigenvalue weighted by atomic mass is 16.2. The summed E-state index contributed by atoms with van der Waals surface area (Å²) in [6, 6.07) is 11.8. The molecule has 0 spiro atoms. The number of likely N-dealkylation sites (N-methyl/N-ethyl adjacent to an activating group) is 1. The number of rotatable bonds is 1. The van der Waals surface area contributed by atoms with Gasteiger partial charge in [-0.3, -0.25) is 4.79 Å². The Morgan fingerprint density at radius 1 is 1.19 bits per heavy atom. The van der Waals surface area contributed by atoms with Crippen molar-refractivity contribution in [2.24, 2.45) is 0 Å². The number of fused-ring (bicyclic) bond motifs is 2. The van der Waals surface area contributed by atoms with E-state index >= 15 is 0 Å². The van der Waals surface area contributed by atoms with E-state index in [1.807, 2.05) is 29.2 Å². The van der Waals surface area contributed by atoms with Crippen molar-refractivity contribution in [3.05, 3.63) is 53.1 Å². The number of carbonyl (C=O) groups is 1. The summed E-state index contributed by atoms with van der Waals surface area (Å²) in [4.78, 5) is 16.6. The molecule has 2 N–H and O–H groups in total. The van der Waals surface area contributed by atoms with Crippen molar-refractivity contribution in [2.45, 2.75) is 13.0 Å². The zero-order valence-corrected chi connectivity index (χ0v) is 12.0. The van der Waals surface area contributed by atoms with E-state index in [4.69, 9.17) is 5.73 Å². The Hall–Kier alpha value is -2.49. The molecule has 2 aliphatic rings. The number of benzene rings is 2. The number of nitrogens with two attached hydrogens (primary N) is 1. The molecule has 0 bridgehead atoms. The van der Waals surface area contributed by atoms with E-state index in [9.17, 15) is 4.79 Å². The van der Waals surface area contributed by atoms with E-state index < -0.39 is 0 Å². The summed E-state index contributed by atoms with van der Waals surface area (Å²) < 4.78 is 0. The van der Waals surface area contributed by atoms with Crippen LogP contribution in [0.25, 0.3) is 0 Å². The van der Waals surface area contributed by atoms with E-state index in [2.05, 4.69) is 24.1 Å². The van der Waals surface area contributed by atoms with Crippen molar-refractivity contribution in [3.8, 4) is 0 Å². The molecule has 2 aromatic rings. The lowest BCUT2D eigenvalue weighted by molar-refractivity contribution is 0.0996. The number of amides is 1. The highest BCUT2D eigenvalue weighted by Gasteiger charge is 2.30. The maximum absolute atomic E-state index is 12.6. The van der Waals surface area contributed by atoms with Crippen molar-refractivity contribution >= 4 is 23.0 Å². The van der Waals surface area contributed by atoms with Gasteiger partial charge in [-0.15, -0.1) is 0 Å². The summed E-state index contributed by atoms with van der Waals surface area (Å²) in [6.45, 7) is 1.60. The van der Waals surface area contributed by atoms with Crippen LogP contribution in [0.4, 0.5) is 17.1 Å². The van der Waals surface area contributed by atoms with Gasteiger partial charge in [0, 0.05) is 41.8 Å². The van der Waals surface area contributed by atoms with Crippen LogP contribution in [0.1, 0.15) is 21.5 Å². The van der Waals surface area contributed by atoms with Gasteiger partial charge in [-0.1, -0.05) is 12.1 Å². The van der Waals surface area contributed by atoms with Crippen LogP contribution in [0.5, 0.6) is 0 Å². The Morgan fingerprint density at radius 3 is 2.86 bits per heavy atom. The molecule has 106 valence electrons. The molecule has 0 aromatic heterocycles. The van der Waals surface area contributed by atoms with Gasteiger partial charge in [0.05, 0.1) is 6.54 Å². The van der Waals surface area contributed by atoms with Crippen LogP contribution in [0, 0.1) is 0 Å². The smallest absolute Gasteiger partial charge is 0.259 e. The van der Waals surface area contributed by atoms with Crippen LogP contribution in [-0.2, 0) is 13.0 Å². The highest BCUT2D eigenvalue weighted by Crippen LogP contribution is 2.36. The molecule has 2 aromatic carbocycles. The van der Waals surface area contributed by atoms with Gasteiger partial charge in [0.15, 0.2) is 0 Å². The molecule has 4 rings (SSSR count). The lowest BCUT2D eigenvalue weighted by Gasteiger charge is -2.19. The van der Waals surface area contributed by atoms with Crippen molar-refractivity contribution in [3.63, 3.8) is 0 Å². The molecule has 2 aliphatic heterocycles. The summed E-state index contributed by atoms with van der Waals surface area (Å²) in [5, 5.41) is 0. The predicted molar refractivity (Wildman–Crippen MR) is 84.8 cm³/mol. The van der Waals surface area contributed by atoms with Crippen molar-refractivity contribution in [2.75, 3.05) is 29.1 Å². The molecule has 4 nitrogen and oxygen atoms in total. The first kappa shape index (κ1) is 12.3. The normalized spacial score (nSPS) is 16.3. The minimum atomic E-state index is 0.0397. The predicted octanol–water partition coefficient (Wildman–Crippen LogP) is 2.42. The number of nitrogens with zero attached hydrogens (tertiary/aromatic N) is 2. The summed E-state index contributed by atoms with van der Waals surface area (Å²) in [7, 11) is 2.09. The third-order valence-electron chi connectivity index (χ3n) is 4.51. The number of carbonyl (C=O) groups excluding carboxylic acids is 1. The Labute approximate surface area is 123 Å². The van der Waals surface area contributed by atoms with Crippen LogP contribution in [0.2, 0.25) is 0 Å². The van der Waals surface area contributed by atoms with E-state index in [1.165, 1.54) is 11.3 Å². The average molecular weight is 279 g/mol.